The van der Waals surface area contributed by atoms with Crippen LogP contribution in [0.5, 0.6) is 0 Å². The van der Waals surface area contributed by atoms with Gasteiger partial charge >= 0.3 is 0 Å². The predicted molar refractivity (Wildman–Crippen MR) is 114 cm³/mol. The van der Waals surface area contributed by atoms with Gasteiger partial charge in [-0.3, -0.25) is 4.79 Å². The normalized spacial score (nSPS) is 12.6. The number of aromatic amines is 1. The molecule has 3 aromatic carbocycles. The zero-order chi connectivity index (χ0) is 20.2. The van der Waals surface area contributed by atoms with E-state index in [4.69, 9.17) is 0 Å². The van der Waals surface area contributed by atoms with Gasteiger partial charge < -0.3 is 15.4 Å². The summed E-state index contributed by atoms with van der Waals surface area (Å²) in [4.78, 5) is 15.6. The zero-order valence-corrected chi connectivity index (χ0v) is 15.7. The quantitative estimate of drug-likeness (QED) is 0.434. The molecule has 1 atom stereocenters. The molecule has 0 saturated carbocycles. The van der Waals surface area contributed by atoms with Crippen LogP contribution in [0.25, 0.3) is 27.8 Å². The molecule has 1 aromatic heterocycles. The maximum Gasteiger partial charge on any atom is 0.244 e. The third kappa shape index (κ3) is 4.05. The van der Waals surface area contributed by atoms with Crippen molar-refractivity contribution in [3.8, 4) is 0 Å². The number of H-pyrrole nitrogens is 1. The van der Waals surface area contributed by atoms with Gasteiger partial charge in [0.1, 0.15) is 5.82 Å². The SMILES string of the molecule is O=C(/C=C/c1ccc(F)c2ccccc12)NC(CO)Cc1c[nH]c2ccccc12. The number of para-hydroxylation sites is 1. The number of fused-ring (bicyclic) bond motifs is 2. The van der Waals surface area contributed by atoms with Crippen LogP contribution in [0.3, 0.4) is 0 Å². The van der Waals surface area contributed by atoms with Gasteiger partial charge in [0.15, 0.2) is 0 Å². The van der Waals surface area contributed by atoms with Crippen molar-refractivity contribution in [2.45, 2.75) is 12.5 Å². The van der Waals surface area contributed by atoms with Crippen molar-refractivity contribution >= 4 is 33.7 Å². The minimum absolute atomic E-state index is 0.168. The summed E-state index contributed by atoms with van der Waals surface area (Å²) in [6.07, 6.45) is 5.49. The monoisotopic (exact) mass is 388 g/mol. The minimum Gasteiger partial charge on any atom is -0.394 e. The molecule has 1 heterocycles. The second-order valence-electron chi connectivity index (χ2n) is 6.97. The summed E-state index contributed by atoms with van der Waals surface area (Å²) in [5, 5.41) is 14.9. The Labute approximate surface area is 167 Å². The number of aliphatic hydroxyl groups excluding tert-OH is 1. The van der Waals surface area contributed by atoms with Gasteiger partial charge in [0.2, 0.25) is 5.91 Å². The molecule has 146 valence electrons. The van der Waals surface area contributed by atoms with E-state index in [0.717, 1.165) is 27.4 Å². The molecule has 1 unspecified atom stereocenters. The van der Waals surface area contributed by atoms with Crippen LogP contribution in [-0.4, -0.2) is 28.6 Å². The molecule has 0 aliphatic rings. The third-order valence-electron chi connectivity index (χ3n) is 5.03. The molecular formula is C24H21FN2O2. The molecule has 3 N–H and O–H groups in total. The van der Waals surface area contributed by atoms with Gasteiger partial charge in [-0.05, 0) is 41.1 Å². The molecule has 29 heavy (non-hydrogen) atoms. The van der Waals surface area contributed by atoms with Gasteiger partial charge in [0.25, 0.3) is 0 Å². The Balaban J connectivity index is 1.48. The fraction of sp³-hybridized carbons (Fsp3) is 0.125. The van der Waals surface area contributed by atoms with E-state index in [9.17, 15) is 14.3 Å². The Morgan fingerprint density at radius 2 is 1.76 bits per heavy atom. The smallest absolute Gasteiger partial charge is 0.244 e. The summed E-state index contributed by atoms with van der Waals surface area (Å²) in [7, 11) is 0. The highest BCUT2D eigenvalue weighted by molar-refractivity contribution is 5.97. The first-order valence-corrected chi connectivity index (χ1v) is 9.47. The van der Waals surface area contributed by atoms with E-state index in [1.807, 2.05) is 42.6 Å². The standard InChI is InChI=1S/C24H21FN2O2/c25-22-11-9-16(19-5-1-2-7-21(19)22)10-12-24(29)27-18(15-28)13-17-14-26-23-8-4-3-6-20(17)23/h1-12,14,18,26,28H,13,15H2,(H,27,29)/b12-10+. The van der Waals surface area contributed by atoms with Gasteiger partial charge in [-0.2, -0.15) is 0 Å². The highest BCUT2D eigenvalue weighted by Crippen LogP contribution is 2.23. The number of carbonyl (C=O) groups is 1. The zero-order valence-electron chi connectivity index (χ0n) is 15.7. The Kier molecular flexibility index (Phi) is 5.40. The molecule has 0 fully saturated rings. The van der Waals surface area contributed by atoms with Gasteiger partial charge in [0.05, 0.1) is 12.6 Å². The van der Waals surface area contributed by atoms with Crippen LogP contribution in [0, 0.1) is 5.82 Å². The van der Waals surface area contributed by atoms with Crippen molar-refractivity contribution in [1.82, 2.24) is 10.3 Å². The maximum absolute atomic E-state index is 13.9. The highest BCUT2D eigenvalue weighted by atomic mass is 19.1. The molecule has 4 rings (SSSR count). The summed E-state index contributed by atoms with van der Waals surface area (Å²) in [5.74, 6) is -0.599. The van der Waals surface area contributed by atoms with E-state index in [0.29, 0.717) is 11.8 Å². The number of carbonyl (C=O) groups excluding carboxylic acids is 1. The van der Waals surface area contributed by atoms with Crippen LogP contribution in [0.1, 0.15) is 11.1 Å². The number of hydrogen-bond acceptors (Lipinski definition) is 2. The van der Waals surface area contributed by atoms with Crippen LogP contribution in [-0.2, 0) is 11.2 Å². The van der Waals surface area contributed by atoms with Crippen LogP contribution in [0.15, 0.2) is 72.9 Å². The van der Waals surface area contributed by atoms with Gasteiger partial charge in [0, 0.05) is 28.6 Å². The second-order valence-corrected chi connectivity index (χ2v) is 6.97. The van der Waals surface area contributed by atoms with Gasteiger partial charge in [-0.25, -0.2) is 4.39 Å². The number of aliphatic hydroxyl groups is 1. The topological polar surface area (TPSA) is 65.1 Å². The Morgan fingerprint density at radius 3 is 2.55 bits per heavy atom. The van der Waals surface area contributed by atoms with Crippen molar-refractivity contribution in [3.63, 3.8) is 0 Å². The lowest BCUT2D eigenvalue weighted by Crippen LogP contribution is -2.38. The van der Waals surface area contributed by atoms with E-state index >= 15 is 0 Å². The largest absolute Gasteiger partial charge is 0.394 e. The molecule has 0 saturated heterocycles. The van der Waals surface area contributed by atoms with Gasteiger partial charge in [-0.15, -0.1) is 0 Å². The summed E-state index contributed by atoms with van der Waals surface area (Å²) < 4.78 is 13.9. The molecular weight excluding hydrogens is 367 g/mol. The number of nitrogens with one attached hydrogen (secondary N) is 2. The highest BCUT2D eigenvalue weighted by Gasteiger charge is 2.13. The lowest BCUT2D eigenvalue weighted by molar-refractivity contribution is -0.117. The number of rotatable bonds is 6. The summed E-state index contributed by atoms with van der Waals surface area (Å²) >= 11 is 0. The lowest BCUT2D eigenvalue weighted by Gasteiger charge is -2.14. The first kappa shape index (κ1) is 18.9. The van der Waals surface area contributed by atoms with Gasteiger partial charge in [-0.1, -0.05) is 48.5 Å². The summed E-state index contributed by atoms with van der Waals surface area (Å²) in [6.45, 7) is -0.168. The number of aromatic nitrogens is 1. The Bertz CT molecular complexity index is 1200. The molecule has 4 aromatic rings. The molecule has 0 radical (unpaired) electrons. The average molecular weight is 388 g/mol. The predicted octanol–water partition coefficient (Wildman–Crippen LogP) is 4.19. The average Bonchev–Trinajstić information content (AvgIpc) is 3.16. The van der Waals surface area contributed by atoms with Crippen molar-refractivity contribution in [2.75, 3.05) is 6.61 Å². The fourth-order valence-electron chi connectivity index (χ4n) is 3.57. The number of halogens is 1. The van der Waals surface area contributed by atoms with Crippen LogP contribution in [0.4, 0.5) is 4.39 Å². The Morgan fingerprint density at radius 1 is 1.03 bits per heavy atom. The van der Waals surface area contributed by atoms with E-state index in [-0.39, 0.29) is 18.3 Å². The van der Waals surface area contributed by atoms with Crippen molar-refractivity contribution in [1.29, 1.82) is 0 Å². The van der Waals surface area contributed by atoms with Crippen molar-refractivity contribution in [2.24, 2.45) is 0 Å². The summed E-state index contributed by atoms with van der Waals surface area (Å²) in [6, 6.07) is 17.7. The minimum atomic E-state index is -0.406. The summed E-state index contributed by atoms with van der Waals surface area (Å²) in [5.41, 5.74) is 2.82. The fourth-order valence-corrected chi connectivity index (χ4v) is 3.57. The first-order valence-electron chi connectivity index (χ1n) is 9.47. The van der Waals surface area contributed by atoms with Crippen LogP contribution in [0.2, 0.25) is 0 Å². The number of amides is 1. The number of benzene rings is 3. The van der Waals surface area contributed by atoms with E-state index in [2.05, 4.69) is 10.3 Å². The molecule has 5 heteroatoms. The molecule has 0 aliphatic carbocycles. The van der Waals surface area contributed by atoms with Crippen LogP contribution < -0.4 is 5.32 Å². The van der Waals surface area contributed by atoms with E-state index in [1.165, 1.54) is 12.1 Å². The maximum atomic E-state index is 13.9. The lowest BCUT2D eigenvalue weighted by atomic mass is 10.0. The number of hydrogen-bond donors (Lipinski definition) is 3. The molecule has 0 spiro atoms. The van der Waals surface area contributed by atoms with Crippen molar-refractivity contribution < 1.29 is 14.3 Å². The van der Waals surface area contributed by atoms with E-state index in [1.54, 1.807) is 24.3 Å². The molecule has 4 nitrogen and oxygen atoms in total. The third-order valence-corrected chi connectivity index (χ3v) is 5.03. The Hall–Kier alpha value is -3.44. The first-order chi connectivity index (χ1) is 14.2. The second kappa shape index (κ2) is 8.29. The molecule has 0 aliphatic heterocycles. The van der Waals surface area contributed by atoms with Crippen molar-refractivity contribution in [3.05, 3.63) is 89.9 Å². The molecule has 1 amide bonds. The molecule has 0 bridgehead atoms. The van der Waals surface area contributed by atoms with E-state index < -0.39 is 6.04 Å². The van der Waals surface area contributed by atoms with Crippen LogP contribution >= 0.6 is 0 Å².